The third kappa shape index (κ3) is 7.12. The van der Waals surface area contributed by atoms with Gasteiger partial charge in [0.2, 0.25) is 0 Å². The molecule has 0 heterocycles. The number of carboxylic acid groups (broad SMARTS) is 1. The zero-order valence-corrected chi connectivity index (χ0v) is 5.80. The van der Waals surface area contributed by atoms with E-state index in [2.05, 4.69) is 0 Å². The Labute approximate surface area is 60.2 Å². The molecule has 0 aromatic heterocycles. The zero-order valence-electron chi connectivity index (χ0n) is 4.98. The van der Waals surface area contributed by atoms with Crippen LogP contribution in [-0.2, 0) is 16.1 Å². The van der Waals surface area contributed by atoms with Gasteiger partial charge in [0.15, 0.2) is 0 Å². The molecule has 0 saturated heterocycles. The largest absolute Gasteiger partial charge is 0.481 e. The molecule has 0 aliphatic rings. The van der Waals surface area contributed by atoms with Gasteiger partial charge in [0.25, 0.3) is 11.3 Å². The van der Waals surface area contributed by atoms with Crippen molar-refractivity contribution in [3.8, 4) is 0 Å². The fourth-order valence-electron chi connectivity index (χ4n) is 0.266. The van der Waals surface area contributed by atoms with Crippen molar-refractivity contribution in [3.63, 3.8) is 0 Å². The van der Waals surface area contributed by atoms with Crippen LogP contribution in [0.5, 0.6) is 0 Å². The van der Waals surface area contributed by atoms with Crippen molar-refractivity contribution in [3.05, 3.63) is 12.3 Å². The van der Waals surface area contributed by atoms with E-state index in [0.717, 1.165) is 6.20 Å². The highest BCUT2D eigenvalue weighted by atomic mass is 32.2. The smallest absolute Gasteiger partial charge is 0.307 e. The van der Waals surface area contributed by atoms with Crippen LogP contribution in [-0.4, -0.2) is 19.8 Å². The summed E-state index contributed by atoms with van der Waals surface area (Å²) in [4.78, 5) is 9.83. The molecule has 1 atom stereocenters. The lowest BCUT2D eigenvalue weighted by atomic mass is 10.4. The molecular formula is C4H7NO4S. The van der Waals surface area contributed by atoms with Gasteiger partial charge in [0.05, 0.1) is 6.42 Å². The monoisotopic (exact) mass is 165 g/mol. The second kappa shape index (κ2) is 4.95. The molecule has 0 aliphatic heterocycles. The fraction of sp³-hybridized carbons (Fsp3) is 0.250. The number of nitrogens with one attached hydrogen (secondary N) is 1. The zero-order chi connectivity index (χ0) is 7.98. The van der Waals surface area contributed by atoms with Crippen LogP contribution in [0, 0.1) is 0 Å². The van der Waals surface area contributed by atoms with Crippen molar-refractivity contribution in [2.24, 2.45) is 0 Å². The normalized spacial score (nSPS) is 13.3. The summed E-state index contributed by atoms with van der Waals surface area (Å²) in [6.07, 6.45) is 2.19. The molecule has 0 radical (unpaired) electrons. The maximum absolute atomic E-state index is 9.85. The average Bonchev–Trinajstić information content (AvgIpc) is 1.79. The molecule has 10 heavy (non-hydrogen) atoms. The molecule has 0 aromatic carbocycles. The van der Waals surface area contributed by atoms with E-state index in [1.807, 2.05) is 4.72 Å². The minimum atomic E-state index is -2.11. The Morgan fingerprint density at radius 3 is 2.70 bits per heavy atom. The van der Waals surface area contributed by atoms with Crippen molar-refractivity contribution >= 4 is 17.2 Å². The summed E-state index contributed by atoms with van der Waals surface area (Å²) in [5.74, 6) is -0.984. The summed E-state index contributed by atoms with van der Waals surface area (Å²) >= 11 is -2.11. The Bertz CT molecular complexity index is 149. The highest BCUT2D eigenvalue weighted by Gasteiger charge is 1.88. The number of carboxylic acids is 1. The lowest BCUT2D eigenvalue weighted by molar-refractivity contribution is -0.136. The lowest BCUT2D eigenvalue weighted by Gasteiger charge is -1.87. The quantitative estimate of drug-likeness (QED) is 0.499. The number of carbonyl (C=O) groups is 1. The number of hydrogen-bond donors (Lipinski definition) is 3. The molecule has 0 fully saturated rings. The molecule has 3 N–H and O–H groups in total. The van der Waals surface area contributed by atoms with Crippen LogP contribution < -0.4 is 4.72 Å². The van der Waals surface area contributed by atoms with Gasteiger partial charge in [0, 0.05) is 6.20 Å². The maximum atomic E-state index is 9.85. The molecule has 0 aromatic rings. The van der Waals surface area contributed by atoms with E-state index in [1.54, 1.807) is 0 Å². The third-order valence-corrected chi connectivity index (χ3v) is 0.917. The van der Waals surface area contributed by atoms with Gasteiger partial charge in [-0.05, 0) is 0 Å². The van der Waals surface area contributed by atoms with Gasteiger partial charge in [-0.1, -0.05) is 6.08 Å². The van der Waals surface area contributed by atoms with Crippen LogP contribution in [0.1, 0.15) is 6.42 Å². The minimum Gasteiger partial charge on any atom is -0.481 e. The molecule has 0 amide bonds. The number of hydrogen-bond acceptors (Lipinski definition) is 2. The molecule has 58 valence electrons. The Morgan fingerprint density at radius 1 is 1.70 bits per heavy atom. The molecule has 0 saturated carbocycles. The third-order valence-electron chi connectivity index (χ3n) is 0.579. The van der Waals surface area contributed by atoms with Crippen molar-refractivity contribution in [1.82, 2.24) is 4.72 Å². The second-order valence-electron chi connectivity index (χ2n) is 1.37. The Hall–Kier alpha value is -0.880. The van der Waals surface area contributed by atoms with Crippen molar-refractivity contribution in [2.75, 3.05) is 0 Å². The molecule has 0 spiro atoms. The van der Waals surface area contributed by atoms with Crippen LogP contribution in [0.3, 0.4) is 0 Å². The molecule has 1 unspecified atom stereocenters. The summed E-state index contributed by atoms with van der Waals surface area (Å²) in [5, 5.41) is 8.06. The number of aliphatic carboxylic acids is 1. The van der Waals surface area contributed by atoms with Gasteiger partial charge in [-0.15, -0.1) is 0 Å². The summed E-state index contributed by atoms with van der Waals surface area (Å²) in [5.41, 5.74) is 0. The van der Waals surface area contributed by atoms with Crippen molar-refractivity contribution in [2.45, 2.75) is 6.42 Å². The lowest BCUT2D eigenvalue weighted by Crippen LogP contribution is -2.07. The van der Waals surface area contributed by atoms with E-state index < -0.39 is 17.2 Å². The summed E-state index contributed by atoms with van der Waals surface area (Å²) in [6, 6.07) is 0. The Morgan fingerprint density at radius 2 is 2.30 bits per heavy atom. The van der Waals surface area contributed by atoms with Crippen molar-refractivity contribution in [1.29, 1.82) is 0 Å². The average molecular weight is 165 g/mol. The standard InChI is InChI=1S/C4H7NO4S/c6-4(7)2-1-3-5-10(8)9/h1,3,5H,2H2,(H,6,7)(H,8,9). The van der Waals surface area contributed by atoms with Crippen LogP contribution in [0.2, 0.25) is 0 Å². The second-order valence-corrected chi connectivity index (χ2v) is 2.10. The molecule has 0 rings (SSSR count). The molecular weight excluding hydrogens is 158 g/mol. The van der Waals surface area contributed by atoms with Crippen molar-refractivity contribution < 1.29 is 18.7 Å². The van der Waals surface area contributed by atoms with E-state index in [4.69, 9.17) is 9.66 Å². The number of rotatable bonds is 4. The van der Waals surface area contributed by atoms with Crippen LogP contribution in [0.4, 0.5) is 0 Å². The van der Waals surface area contributed by atoms with Gasteiger partial charge < -0.3 is 5.11 Å². The summed E-state index contributed by atoms with van der Waals surface area (Å²) < 4.78 is 19.9. The highest BCUT2D eigenvalue weighted by molar-refractivity contribution is 7.77. The summed E-state index contributed by atoms with van der Waals surface area (Å²) in [6.45, 7) is 0. The Kier molecular flexibility index (Phi) is 4.51. The topological polar surface area (TPSA) is 86.6 Å². The van der Waals surface area contributed by atoms with Crippen LogP contribution in [0.25, 0.3) is 0 Å². The predicted molar refractivity (Wildman–Crippen MR) is 35.3 cm³/mol. The molecule has 0 bridgehead atoms. The van der Waals surface area contributed by atoms with Gasteiger partial charge in [-0.3, -0.25) is 14.1 Å². The van der Waals surface area contributed by atoms with Gasteiger partial charge >= 0.3 is 5.97 Å². The van der Waals surface area contributed by atoms with Gasteiger partial charge in [-0.2, -0.15) is 0 Å². The first-order valence-electron chi connectivity index (χ1n) is 2.36. The first-order chi connectivity index (χ1) is 4.63. The van der Waals surface area contributed by atoms with E-state index >= 15 is 0 Å². The first kappa shape index (κ1) is 9.12. The van der Waals surface area contributed by atoms with E-state index in [9.17, 15) is 9.00 Å². The fourth-order valence-corrected chi connectivity index (χ4v) is 0.479. The van der Waals surface area contributed by atoms with E-state index in [-0.39, 0.29) is 6.42 Å². The molecule has 0 aliphatic carbocycles. The van der Waals surface area contributed by atoms with Crippen LogP contribution in [0.15, 0.2) is 12.3 Å². The molecule has 6 heteroatoms. The van der Waals surface area contributed by atoms with Gasteiger partial charge in [0.1, 0.15) is 0 Å². The van der Waals surface area contributed by atoms with Crippen LogP contribution >= 0.6 is 0 Å². The summed E-state index contributed by atoms with van der Waals surface area (Å²) in [7, 11) is 0. The SMILES string of the molecule is O=C(O)CC=CNS(=O)O. The van der Waals surface area contributed by atoms with E-state index in [1.165, 1.54) is 6.08 Å². The predicted octanol–water partition coefficient (Wildman–Crippen LogP) is -0.299. The maximum Gasteiger partial charge on any atom is 0.307 e. The first-order valence-corrected chi connectivity index (χ1v) is 3.47. The molecule has 5 nitrogen and oxygen atoms in total. The van der Waals surface area contributed by atoms with Gasteiger partial charge in [-0.25, -0.2) is 4.21 Å². The Balaban J connectivity index is 3.38. The minimum absolute atomic E-state index is 0.163. The highest BCUT2D eigenvalue weighted by Crippen LogP contribution is 1.79. The van der Waals surface area contributed by atoms with E-state index in [0.29, 0.717) is 0 Å².